The highest BCUT2D eigenvalue weighted by Crippen LogP contribution is 2.10. The topological polar surface area (TPSA) is 89.0 Å². The van der Waals surface area contributed by atoms with Gasteiger partial charge in [-0.25, -0.2) is 5.43 Å². The second-order valence-corrected chi connectivity index (χ2v) is 4.83. The number of hydrogen-bond donors (Lipinski definition) is 2. The molecule has 0 aliphatic heterocycles. The van der Waals surface area contributed by atoms with Crippen LogP contribution in [0.4, 0.5) is 0 Å². The molecule has 0 aliphatic carbocycles. The Labute approximate surface area is 141 Å². The summed E-state index contributed by atoms with van der Waals surface area (Å²) in [5, 5.41) is 6.44. The molecule has 1 aromatic carbocycles. The van der Waals surface area contributed by atoms with Gasteiger partial charge in [-0.15, -0.1) is 0 Å². The SMILES string of the molecule is C=CCOc1ccc(/C=N\NC(=O)CC(=O)NCCCOC)cc1. The van der Waals surface area contributed by atoms with Gasteiger partial charge in [-0.2, -0.15) is 5.10 Å². The van der Waals surface area contributed by atoms with Crippen molar-refractivity contribution in [2.24, 2.45) is 5.10 Å². The Morgan fingerprint density at radius 1 is 1.25 bits per heavy atom. The normalized spacial score (nSPS) is 10.4. The maximum atomic E-state index is 11.6. The van der Waals surface area contributed by atoms with Crippen molar-refractivity contribution in [3.63, 3.8) is 0 Å². The molecule has 7 heteroatoms. The summed E-state index contributed by atoms with van der Waals surface area (Å²) in [6.07, 6.45) is 3.59. The van der Waals surface area contributed by atoms with Crippen molar-refractivity contribution in [2.75, 3.05) is 26.9 Å². The van der Waals surface area contributed by atoms with Crippen LogP contribution in [0, 0.1) is 0 Å². The standard InChI is InChI=1S/C17H23N3O4/c1-3-10-24-15-7-5-14(6-8-15)13-19-20-17(22)12-16(21)18-9-4-11-23-2/h3,5-8,13H,1,4,9-12H2,2H3,(H,18,21)(H,20,22)/b19-13-. The molecule has 0 spiro atoms. The van der Waals surface area contributed by atoms with Crippen molar-refractivity contribution in [2.45, 2.75) is 12.8 Å². The molecule has 0 radical (unpaired) electrons. The maximum Gasteiger partial charge on any atom is 0.249 e. The summed E-state index contributed by atoms with van der Waals surface area (Å²) in [4.78, 5) is 23.1. The quantitative estimate of drug-likeness (QED) is 0.210. The van der Waals surface area contributed by atoms with Crippen molar-refractivity contribution in [1.29, 1.82) is 0 Å². The van der Waals surface area contributed by atoms with E-state index in [2.05, 4.69) is 22.4 Å². The van der Waals surface area contributed by atoms with Crippen molar-refractivity contribution in [1.82, 2.24) is 10.7 Å². The lowest BCUT2D eigenvalue weighted by Crippen LogP contribution is -2.30. The lowest BCUT2D eigenvalue weighted by molar-refractivity contribution is -0.129. The summed E-state index contributed by atoms with van der Waals surface area (Å²) in [6, 6.07) is 7.19. The number of hydrogen-bond acceptors (Lipinski definition) is 5. The summed E-state index contributed by atoms with van der Waals surface area (Å²) in [7, 11) is 1.59. The molecule has 1 aromatic rings. The number of rotatable bonds is 11. The molecule has 0 saturated heterocycles. The van der Waals surface area contributed by atoms with Crippen LogP contribution < -0.4 is 15.5 Å². The van der Waals surface area contributed by atoms with Crippen molar-refractivity contribution < 1.29 is 19.1 Å². The zero-order valence-electron chi connectivity index (χ0n) is 13.8. The van der Waals surface area contributed by atoms with Gasteiger partial charge in [0.05, 0.1) is 6.21 Å². The van der Waals surface area contributed by atoms with Gasteiger partial charge in [-0.05, 0) is 36.2 Å². The van der Waals surface area contributed by atoms with Gasteiger partial charge in [0.15, 0.2) is 0 Å². The van der Waals surface area contributed by atoms with Gasteiger partial charge in [-0.1, -0.05) is 12.7 Å². The molecule has 7 nitrogen and oxygen atoms in total. The Kier molecular flexibility index (Phi) is 9.56. The molecule has 0 atom stereocenters. The van der Waals surface area contributed by atoms with Crippen LogP contribution in [0.1, 0.15) is 18.4 Å². The van der Waals surface area contributed by atoms with E-state index in [0.717, 1.165) is 11.3 Å². The van der Waals surface area contributed by atoms with Gasteiger partial charge >= 0.3 is 0 Å². The van der Waals surface area contributed by atoms with Gasteiger partial charge in [-0.3, -0.25) is 9.59 Å². The fourth-order valence-corrected chi connectivity index (χ4v) is 1.68. The van der Waals surface area contributed by atoms with Crippen LogP contribution in [0.25, 0.3) is 0 Å². The van der Waals surface area contributed by atoms with Gasteiger partial charge in [0.25, 0.3) is 0 Å². The lowest BCUT2D eigenvalue weighted by atomic mass is 10.2. The van der Waals surface area contributed by atoms with Crippen LogP contribution in [0.5, 0.6) is 5.75 Å². The summed E-state index contributed by atoms with van der Waals surface area (Å²) in [5.41, 5.74) is 3.11. The predicted octanol–water partition coefficient (Wildman–Crippen LogP) is 1.24. The molecule has 1 rings (SSSR count). The Morgan fingerprint density at radius 3 is 2.67 bits per heavy atom. The summed E-state index contributed by atoms with van der Waals surface area (Å²) < 4.78 is 10.2. The van der Waals surface area contributed by atoms with Crippen LogP contribution in [0.15, 0.2) is 42.0 Å². The van der Waals surface area contributed by atoms with Crippen molar-refractivity contribution in [3.05, 3.63) is 42.5 Å². The number of carbonyl (C=O) groups is 2. The van der Waals surface area contributed by atoms with Gasteiger partial charge in [0, 0.05) is 20.3 Å². The molecule has 0 bridgehead atoms. The maximum absolute atomic E-state index is 11.6. The molecular formula is C17H23N3O4. The third kappa shape index (κ3) is 8.70. The third-order valence-corrected chi connectivity index (χ3v) is 2.82. The van der Waals surface area contributed by atoms with Crippen LogP contribution >= 0.6 is 0 Å². The first kappa shape index (κ1) is 19.4. The third-order valence-electron chi connectivity index (χ3n) is 2.82. The fourth-order valence-electron chi connectivity index (χ4n) is 1.68. The average Bonchev–Trinajstić information content (AvgIpc) is 2.58. The fraction of sp³-hybridized carbons (Fsp3) is 0.353. The minimum Gasteiger partial charge on any atom is -0.490 e. The Hall–Kier alpha value is -2.67. The zero-order chi connectivity index (χ0) is 17.6. The predicted molar refractivity (Wildman–Crippen MR) is 92.0 cm³/mol. The van der Waals surface area contributed by atoms with E-state index in [0.29, 0.717) is 26.2 Å². The molecule has 24 heavy (non-hydrogen) atoms. The number of hydrazone groups is 1. The van der Waals surface area contributed by atoms with E-state index in [9.17, 15) is 9.59 Å². The summed E-state index contributed by atoms with van der Waals surface area (Å²) in [6.45, 7) is 5.06. The second-order valence-electron chi connectivity index (χ2n) is 4.83. The summed E-state index contributed by atoms with van der Waals surface area (Å²) in [5.74, 6) is -0.0924. The van der Waals surface area contributed by atoms with Gasteiger partial charge in [0.1, 0.15) is 18.8 Å². The largest absolute Gasteiger partial charge is 0.490 e. The molecule has 2 N–H and O–H groups in total. The summed E-state index contributed by atoms with van der Waals surface area (Å²) >= 11 is 0. The van der Waals surface area contributed by atoms with Crippen molar-refractivity contribution >= 4 is 18.0 Å². The molecule has 0 unspecified atom stereocenters. The van der Waals surface area contributed by atoms with Gasteiger partial charge < -0.3 is 14.8 Å². The number of methoxy groups -OCH3 is 1. The molecule has 0 heterocycles. The first-order valence-electron chi connectivity index (χ1n) is 7.57. The molecule has 0 aliphatic rings. The Bertz CT molecular complexity index is 555. The van der Waals surface area contributed by atoms with E-state index in [4.69, 9.17) is 9.47 Å². The van der Waals surface area contributed by atoms with Crippen LogP contribution in [-0.4, -0.2) is 44.9 Å². The number of benzene rings is 1. The first-order valence-corrected chi connectivity index (χ1v) is 7.57. The zero-order valence-corrected chi connectivity index (χ0v) is 13.8. The van der Waals surface area contributed by atoms with E-state index in [1.165, 1.54) is 6.21 Å². The highest BCUT2D eigenvalue weighted by molar-refractivity contribution is 5.97. The molecule has 130 valence electrons. The number of amides is 2. The molecule has 0 aromatic heterocycles. The average molecular weight is 333 g/mol. The van der Waals surface area contributed by atoms with E-state index in [-0.39, 0.29) is 12.3 Å². The smallest absolute Gasteiger partial charge is 0.249 e. The lowest BCUT2D eigenvalue weighted by Gasteiger charge is -2.04. The molecule has 0 saturated carbocycles. The highest BCUT2D eigenvalue weighted by atomic mass is 16.5. The molecule has 0 fully saturated rings. The number of nitrogens with zero attached hydrogens (tertiary/aromatic N) is 1. The Morgan fingerprint density at radius 2 is 2.00 bits per heavy atom. The van der Waals surface area contributed by atoms with E-state index in [1.807, 2.05) is 0 Å². The number of carbonyl (C=O) groups excluding carboxylic acids is 2. The Balaban J connectivity index is 2.28. The second kappa shape index (κ2) is 11.8. The molecule has 2 amide bonds. The van der Waals surface area contributed by atoms with E-state index >= 15 is 0 Å². The van der Waals surface area contributed by atoms with Crippen LogP contribution in [0.2, 0.25) is 0 Å². The van der Waals surface area contributed by atoms with Crippen LogP contribution in [-0.2, 0) is 14.3 Å². The number of ether oxygens (including phenoxy) is 2. The van der Waals surface area contributed by atoms with E-state index in [1.54, 1.807) is 37.5 Å². The number of nitrogens with one attached hydrogen (secondary N) is 2. The minimum absolute atomic E-state index is 0.265. The molecular weight excluding hydrogens is 310 g/mol. The monoisotopic (exact) mass is 333 g/mol. The highest BCUT2D eigenvalue weighted by Gasteiger charge is 2.07. The minimum atomic E-state index is -0.471. The van der Waals surface area contributed by atoms with E-state index < -0.39 is 5.91 Å². The van der Waals surface area contributed by atoms with Crippen LogP contribution in [0.3, 0.4) is 0 Å². The van der Waals surface area contributed by atoms with Crippen molar-refractivity contribution in [3.8, 4) is 5.75 Å². The van der Waals surface area contributed by atoms with Gasteiger partial charge in [0.2, 0.25) is 11.8 Å². The first-order chi connectivity index (χ1) is 11.7.